The summed E-state index contributed by atoms with van der Waals surface area (Å²) in [5.74, 6) is -1.26. The van der Waals surface area contributed by atoms with Crippen LogP contribution in [0.15, 0.2) is 54.7 Å². The molecule has 0 spiro atoms. The van der Waals surface area contributed by atoms with Crippen molar-refractivity contribution < 1.29 is 19.4 Å². The third-order valence-electron chi connectivity index (χ3n) is 7.82. The van der Waals surface area contributed by atoms with Gasteiger partial charge in [0.15, 0.2) is 0 Å². The second-order valence-electron chi connectivity index (χ2n) is 9.60. The number of aliphatic hydroxyl groups excluding tert-OH is 1. The summed E-state index contributed by atoms with van der Waals surface area (Å²) in [4.78, 5) is 17.2. The van der Waals surface area contributed by atoms with Gasteiger partial charge in [-0.2, -0.15) is 0 Å². The molecule has 33 heavy (non-hydrogen) atoms. The van der Waals surface area contributed by atoms with Crippen LogP contribution in [0.4, 0.5) is 4.39 Å². The Morgan fingerprint density at radius 3 is 2.70 bits per heavy atom. The van der Waals surface area contributed by atoms with Crippen LogP contribution in [0, 0.1) is 17.7 Å². The smallest absolute Gasteiger partial charge is 0.306 e. The van der Waals surface area contributed by atoms with Crippen molar-refractivity contribution in [2.75, 3.05) is 6.54 Å². The number of nitrogens with zero attached hydrogens (tertiary/aromatic N) is 1. The molecule has 1 saturated heterocycles. The quantitative estimate of drug-likeness (QED) is 0.488. The number of nitrogens with one attached hydrogen (secondary N) is 1. The van der Waals surface area contributed by atoms with Crippen LogP contribution in [0.3, 0.4) is 0 Å². The molecule has 1 aliphatic heterocycles. The van der Waals surface area contributed by atoms with Gasteiger partial charge in [-0.05, 0) is 60.9 Å². The number of hydrogen-bond donors (Lipinski definition) is 3. The van der Waals surface area contributed by atoms with Crippen LogP contribution in [-0.4, -0.2) is 44.9 Å². The summed E-state index contributed by atoms with van der Waals surface area (Å²) >= 11 is 0. The number of aliphatic carboxylic acids is 1. The van der Waals surface area contributed by atoms with Crippen molar-refractivity contribution in [1.82, 2.24) is 9.88 Å². The zero-order chi connectivity index (χ0) is 22.9. The molecule has 2 heterocycles. The SMILES string of the molecule is O=C(O)C1CCN(C(O)CC(c2ccccc2)c2c[nH]c3cc(F)ccc23)C2CCCCC12. The van der Waals surface area contributed by atoms with Gasteiger partial charge < -0.3 is 15.2 Å². The van der Waals surface area contributed by atoms with E-state index in [0.717, 1.165) is 47.7 Å². The van der Waals surface area contributed by atoms with E-state index in [9.17, 15) is 19.4 Å². The van der Waals surface area contributed by atoms with Gasteiger partial charge in [0.2, 0.25) is 0 Å². The molecular formula is C27H31FN2O3. The van der Waals surface area contributed by atoms with E-state index >= 15 is 0 Å². The van der Waals surface area contributed by atoms with E-state index in [4.69, 9.17) is 0 Å². The van der Waals surface area contributed by atoms with Gasteiger partial charge >= 0.3 is 5.97 Å². The number of halogens is 1. The number of piperidine rings is 1. The number of benzene rings is 2. The van der Waals surface area contributed by atoms with Crippen molar-refractivity contribution in [3.8, 4) is 0 Å². The lowest BCUT2D eigenvalue weighted by atomic mass is 9.71. The normalized spacial score (nSPS) is 25.5. The molecule has 2 aliphatic rings. The van der Waals surface area contributed by atoms with E-state index in [0.29, 0.717) is 19.4 Å². The molecule has 0 bridgehead atoms. The van der Waals surface area contributed by atoms with Crippen molar-refractivity contribution in [2.24, 2.45) is 11.8 Å². The number of carbonyl (C=O) groups is 1. The average molecular weight is 451 g/mol. The minimum absolute atomic E-state index is 0.0698. The number of aromatic nitrogens is 1. The predicted molar refractivity (Wildman–Crippen MR) is 125 cm³/mol. The maximum absolute atomic E-state index is 13.8. The van der Waals surface area contributed by atoms with Crippen LogP contribution >= 0.6 is 0 Å². The van der Waals surface area contributed by atoms with Crippen LogP contribution in [0.2, 0.25) is 0 Å². The topological polar surface area (TPSA) is 76.6 Å². The fourth-order valence-corrected chi connectivity index (χ4v) is 6.25. The molecule has 5 unspecified atom stereocenters. The highest BCUT2D eigenvalue weighted by Gasteiger charge is 2.44. The highest BCUT2D eigenvalue weighted by Crippen LogP contribution is 2.42. The van der Waals surface area contributed by atoms with Gasteiger partial charge in [-0.25, -0.2) is 4.39 Å². The van der Waals surface area contributed by atoms with Crippen molar-refractivity contribution in [3.63, 3.8) is 0 Å². The Balaban J connectivity index is 1.45. The highest BCUT2D eigenvalue weighted by atomic mass is 19.1. The van der Waals surface area contributed by atoms with E-state index in [-0.39, 0.29) is 29.6 Å². The Morgan fingerprint density at radius 1 is 1.12 bits per heavy atom. The second kappa shape index (κ2) is 9.27. The zero-order valence-corrected chi connectivity index (χ0v) is 18.7. The predicted octanol–water partition coefficient (Wildman–Crippen LogP) is 5.11. The third-order valence-corrected chi connectivity index (χ3v) is 7.82. The first-order chi connectivity index (χ1) is 16.0. The van der Waals surface area contributed by atoms with E-state index in [2.05, 4.69) is 22.0 Å². The van der Waals surface area contributed by atoms with Gasteiger partial charge in [0, 0.05) is 35.6 Å². The number of hydrogen-bond acceptors (Lipinski definition) is 3. The summed E-state index contributed by atoms with van der Waals surface area (Å²) in [7, 11) is 0. The summed E-state index contributed by atoms with van der Waals surface area (Å²) in [6.07, 6.45) is 6.32. The molecule has 2 fully saturated rings. The van der Waals surface area contributed by atoms with E-state index in [1.807, 2.05) is 24.4 Å². The Hall–Kier alpha value is -2.70. The summed E-state index contributed by atoms with van der Waals surface area (Å²) in [5, 5.41) is 22.2. The standard InChI is InChI=1S/C27H31FN2O3/c28-18-10-11-19-23(16-29-24(19)14-18)22(17-6-2-1-3-7-17)15-26(31)30-13-12-21(27(32)33)20-8-4-5-9-25(20)30/h1-3,6-7,10-11,14,16,20-22,25-26,29,31H,4-5,8-9,12-13,15H2,(H,32,33). The van der Waals surface area contributed by atoms with Gasteiger partial charge in [0.05, 0.1) is 5.92 Å². The lowest BCUT2D eigenvalue weighted by Gasteiger charge is -2.49. The van der Waals surface area contributed by atoms with Crippen LogP contribution in [0.5, 0.6) is 0 Å². The highest BCUT2D eigenvalue weighted by molar-refractivity contribution is 5.84. The molecule has 5 atom stereocenters. The molecule has 1 saturated carbocycles. The summed E-state index contributed by atoms with van der Waals surface area (Å²) in [6, 6.07) is 15.0. The van der Waals surface area contributed by atoms with E-state index in [1.165, 1.54) is 12.1 Å². The Kier molecular flexibility index (Phi) is 6.21. The van der Waals surface area contributed by atoms with E-state index < -0.39 is 12.2 Å². The molecule has 5 nitrogen and oxygen atoms in total. The number of aromatic amines is 1. The fraction of sp³-hybridized carbons (Fsp3) is 0.444. The van der Waals surface area contributed by atoms with Gasteiger partial charge in [-0.15, -0.1) is 0 Å². The average Bonchev–Trinajstić information content (AvgIpc) is 3.24. The lowest BCUT2D eigenvalue weighted by molar-refractivity contribution is -0.153. The van der Waals surface area contributed by atoms with Crippen molar-refractivity contribution in [1.29, 1.82) is 0 Å². The lowest BCUT2D eigenvalue weighted by Crippen LogP contribution is -2.56. The molecule has 5 rings (SSSR count). The molecule has 3 aromatic rings. The Labute approximate surface area is 193 Å². The third kappa shape index (κ3) is 4.30. The van der Waals surface area contributed by atoms with Crippen molar-refractivity contribution >= 4 is 16.9 Å². The fourth-order valence-electron chi connectivity index (χ4n) is 6.25. The van der Waals surface area contributed by atoms with Crippen LogP contribution in [0.1, 0.15) is 55.6 Å². The Bertz CT molecular complexity index is 1120. The van der Waals surface area contributed by atoms with E-state index in [1.54, 1.807) is 6.07 Å². The maximum Gasteiger partial charge on any atom is 0.306 e. The first-order valence-electron chi connectivity index (χ1n) is 12.0. The first kappa shape index (κ1) is 22.1. The minimum Gasteiger partial charge on any atom is -0.481 e. The molecule has 6 heteroatoms. The molecule has 1 aromatic heterocycles. The van der Waals surface area contributed by atoms with Crippen LogP contribution in [0.25, 0.3) is 10.9 Å². The Morgan fingerprint density at radius 2 is 1.91 bits per heavy atom. The number of carboxylic acid groups (broad SMARTS) is 1. The van der Waals surface area contributed by atoms with Crippen molar-refractivity contribution in [3.05, 3.63) is 71.7 Å². The first-order valence-corrected chi connectivity index (χ1v) is 12.0. The monoisotopic (exact) mass is 450 g/mol. The number of H-pyrrole nitrogens is 1. The van der Waals surface area contributed by atoms with Gasteiger partial charge in [-0.3, -0.25) is 9.69 Å². The summed E-state index contributed by atoms with van der Waals surface area (Å²) in [6.45, 7) is 0.597. The number of rotatable bonds is 6. The van der Waals surface area contributed by atoms with Gasteiger partial charge in [0.25, 0.3) is 0 Å². The second-order valence-corrected chi connectivity index (χ2v) is 9.60. The number of likely N-dealkylation sites (tertiary alicyclic amines) is 1. The molecule has 174 valence electrons. The molecule has 2 aromatic carbocycles. The van der Waals surface area contributed by atoms with Gasteiger partial charge in [-0.1, -0.05) is 43.2 Å². The number of carboxylic acids is 1. The maximum atomic E-state index is 13.8. The zero-order valence-electron chi connectivity index (χ0n) is 18.7. The minimum atomic E-state index is -0.700. The van der Waals surface area contributed by atoms with Crippen molar-refractivity contribution in [2.45, 2.75) is 56.7 Å². The number of aliphatic hydroxyl groups is 1. The summed E-state index contributed by atoms with van der Waals surface area (Å²) in [5.41, 5.74) is 2.88. The number of fused-ring (bicyclic) bond motifs is 2. The molecule has 3 N–H and O–H groups in total. The summed E-state index contributed by atoms with van der Waals surface area (Å²) < 4.78 is 13.8. The van der Waals surface area contributed by atoms with Gasteiger partial charge in [0.1, 0.15) is 12.0 Å². The molecule has 0 amide bonds. The largest absolute Gasteiger partial charge is 0.481 e. The van der Waals surface area contributed by atoms with Crippen LogP contribution < -0.4 is 0 Å². The molecule has 0 radical (unpaired) electrons. The molecular weight excluding hydrogens is 419 g/mol. The molecule has 1 aliphatic carbocycles. The van der Waals surface area contributed by atoms with Crippen LogP contribution in [-0.2, 0) is 4.79 Å².